The summed E-state index contributed by atoms with van der Waals surface area (Å²) in [5, 5.41) is 3.14. The monoisotopic (exact) mass is 509 g/mol. The average molecular weight is 510 g/mol. The molecule has 1 aliphatic heterocycles. The fourth-order valence-electron chi connectivity index (χ4n) is 3.60. The van der Waals surface area contributed by atoms with Crippen LogP contribution in [-0.4, -0.2) is 73.7 Å². The minimum Gasteiger partial charge on any atom is -0.340 e. The Balaban J connectivity index is 1.66. The number of carbonyl (C=O) groups excluding carboxylic acids is 2. The second-order valence-corrected chi connectivity index (χ2v) is 11.2. The smallest absolute Gasteiger partial charge is 0.253 e. The van der Waals surface area contributed by atoms with E-state index in [0.717, 1.165) is 5.56 Å². The Morgan fingerprint density at radius 3 is 2.30 bits per heavy atom. The molecule has 0 aromatic heterocycles. The van der Waals surface area contributed by atoms with Gasteiger partial charge in [0.15, 0.2) is 0 Å². The van der Waals surface area contributed by atoms with Crippen molar-refractivity contribution in [2.75, 3.05) is 38.2 Å². The molecule has 33 heavy (non-hydrogen) atoms. The normalized spacial score (nSPS) is 15.8. The van der Waals surface area contributed by atoms with Gasteiger partial charge in [-0.15, -0.1) is 0 Å². The average Bonchev–Trinajstić information content (AvgIpc) is 2.82. The van der Waals surface area contributed by atoms with Crippen molar-refractivity contribution in [2.24, 2.45) is 0 Å². The topological polar surface area (TPSA) is 86.8 Å². The molecule has 10 heteroatoms. The summed E-state index contributed by atoms with van der Waals surface area (Å²) in [5.41, 5.74) is 1.30. The fraction of sp³-hybridized carbons (Fsp3) is 0.391. The molecule has 1 saturated heterocycles. The number of halogens is 1. The lowest BCUT2D eigenvalue weighted by Gasteiger charge is -2.36. The van der Waals surface area contributed by atoms with E-state index < -0.39 is 22.0 Å². The Bertz CT molecular complexity index is 1090. The molecule has 3 rings (SSSR count). The molecule has 0 radical (unpaired) electrons. The molecule has 1 atom stereocenters. The number of nitrogens with zero attached hydrogens (tertiary/aromatic N) is 2. The third-order valence-electron chi connectivity index (χ3n) is 5.54. The van der Waals surface area contributed by atoms with Crippen molar-refractivity contribution in [3.8, 4) is 0 Å². The number of piperazine rings is 1. The number of sulfonamides is 1. The third-order valence-corrected chi connectivity index (χ3v) is 8.43. The summed E-state index contributed by atoms with van der Waals surface area (Å²) in [4.78, 5) is 27.8. The van der Waals surface area contributed by atoms with Crippen molar-refractivity contribution in [1.82, 2.24) is 14.5 Å². The molecule has 0 spiro atoms. The maximum Gasteiger partial charge on any atom is 0.253 e. The van der Waals surface area contributed by atoms with Crippen molar-refractivity contribution in [1.29, 1.82) is 0 Å². The van der Waals surface area contributed by atoms with Crippen LogP contribution in [-0.2, 0) is 14.8 Å². The van der Waals surface area contributed by atoms with Gasteiger partial charge in [-0.3, -0.25) is 9.59 Å². The molecule has 2 amide bonds. The number of hydrogen-bond donors (Lipinski definition) is 1. The Morgan fingerprint density at radius 1 is 1.06 bits per heavy atom. The second-order valence-electron chi connectivity index (χ2n) is 7.83. The van der Waals surface area contributed by atoms with Gasteiger partial charge in [0.1, 0.15) is 6.04 Å². The van der Waals surface area contributed by atoms with E-state index in [4.69, 9.17) is 11.6 Å². The molecule has 0 aliphatic carbocycles. The number of aryl methyl sites for hydroxylation is 1. The first kappa shape index (κ1) is 25.6. The van der Waals surface area contributed by atoms with E-state index in [2.05, 4.69) is 5.32 Å². The Morgan fingerprint density at radius 2 is 1.70 bits per heavy atom. The molecule has 2 aromatic rings. The van der Waals surface area contributed by atoms with Crippen LogP contribution in [0.15, 0.2) is 53.4 Å². The van der Waals surface area contributed by atoms with Gasteiger partial charge in [0.25, 0.3) is 5.91 Å². The molecule has 1 aliphatic rings. The van der Waals surface area contributed by atoms with Gasteiger partial charge >= 0.3 is 0 Å². The first-order chi connectivity index (χ1) is 15.7. The molecule has 0 unspecified atom stereocenters. The third kappa shape index (κ3) is 6.29. The van der Waals surface area contributed by atoms with Gasteiger partial charge in [-0.1, -0.05) is 41.4 Å². The SMILES string of the molecule is CSCC[C@H](NC(=O)c1ccccc1Cl)C(=O)N1CCN(S(=O)(=O)c2ccc(C)cc2)CC1. The van der Waals surface area contributed by atoms with Crippen LogP contribution in [0.5, 0.6) is 0 Å². The number of carbonyl (C=O) groups is 2. The Kier molecular flexibility index (Phi) is 8.81. The standard InChI is InChI=1S/C23H28ClN3O4S2/c1-17-7-9-18(10-8-17)33(30,31)27-14-12-26(13-15-27)23(29)21(11-16-32-2)25-22(28)19-5-3-4-6-20(19)24/h3-10,21H,11-16H2,1-2H3,(H,25,28)/t21-/m0/s1. The lowest BCUT2D eigenvalue weighted by molar-refractivity contribution is -0.134. The van der Waals surface area contributed by atoms with Crippen molar-refractivity contribution < 1.29 is 18.0 Å². The molecule has 1 fully saturated rings. The van der Waals surface area contributed by atoms with Gasteiger partial charge in [0, 0.05) is 26.2 Å². The van der Waals surface area contributed by atoms with Crippen LogP contribution in [0.2, 0.25) is 5.02 Å². The van der Waals surface area contributed by atoms with E-state index in [1.165, 1.54) is 4.31 Å². The molecule has 1 N–H and O–H groups in total. The van der Waals surface area contributed by atoms with E-state index >= 15 is 0 Å². The van der Waals surface area contributed by atoms with Gasteiger partial charge in [-0.25, -0.2) is 8.42 Å². The van der Waals surface area contributed by atoms with Gasteiger partial charge in [-0.2, -0.15) is 16.1 Å². The summed E-state index contributed by atoms with van der Waals surface area (Å²) in [5.74, 6) is 0.0820. The number of nitrogens with one attached hydrogen (secondary N) is 1. The van der Waals surface area contributed by atoms with Crippen molar-refractivity contribution in [3.05, 3.63) is 64.7 Å². The van der Waals surface area contributed by atoms with Crippen molar-refractivity contribution in [3.63, 3.8) is 0 Å². The summed E-state index contributed by atoms with van der Waals surface area (Å²) in [6, 6.07) is 12.7. The summed E-state index contributed by atoms with van der Waals surface area (Å²) in [6.07, 6.45) is 2.41. The van der Waals surface area contributed by atoms with E-state index in [0.29, 0.717) is 22.8 Å². The van der Waals surface area contributed by atoms with Gasteiger partial charge < -0.3 is 10.2 Å². The van der Waals surface area contributed by atoms with E-state index in [9.17, 15) is 18.0 Å². The van der Waals surface area contributed by atoms with Crippen LogP contribution in [0.3, 0.4) is 0 Å². The number of benzene rings is 2. The quantitative estimate of drug-likeness (QED) is 0.591. The zero-order valence-corrected chi connectivity index (χ0v) is 21.0. The molecule has 2 aromatic carbocycles. The Labute approximate surface area is 204 Å². The minimum absolute atomic E-state index is 0.204. The van der Waals surface area contributed by atoms with E-state index in [1.54, 1.807) is 65.2 Å². The van der Waals surface area contributed by atoms with Crippen molar-refractivity contribution >= 4 is 45.2 Å². The van der Waals surface area contributed by atoms with Gasteiger partial charge in [0.05, 0.1) is 15.5 Å². The molecule has 7 nitrogen and oxygen atoms in total. The van der Waals surface area contributed by atoms with Crippen LogP contribution >= 0.6 is 23.4 Å². The summed E-state index contributed by atoms with van der Waals surface area (Å²) < 4.78 is 27.3. The number of thioether (sulfide) groups is 1. The van der Waals surface area contributed by atoms with Crippen molar-refractivity contribution in [2.45, 2.75) is 24.3 Å². The fourth-order valence-corrected chi connectivity index (χ4v) is 5.72. The van der Waals surface area contributed by atoms with Crippen LogP contribution in [0.1, 0.15) is 22.3 Å². The van der Waals surface area contributed by atoms with E-state index in [-0.39, 0.29) is 37.0 Å². The zero-order chi connectivity index (χ0) is 24.0. The molecule has 0 saturated carbocycles. The van der Waals surface area contributed by atoms with Crippen LogP contribution in [0, 0.1) is 6.92 Å². The second kappa shape index (κ2) is 11.4. The first-order valence-electron chi connectivity index (χ1n) is 10.6. The van der Waals surface area contributed by atoms with Crippen LogP contribution < -0.4 is 5.32 Å². The molecule has 178 valence electrons. The zero-order valence-electron chi connectivity index (χ0n) is 18.7. The molecule has 1 heterocycles. The first-order valence-corrected chi connectivity index (χ1v) is 13.8. The van der Waals surface area contributed by atoms with Crippen LogP contribution in [0.25, 0.3) is 0 Å². The highest BCUT2D eigenvalue weighted by atomic mass is 35.5. The summed E-state index contributed by atoms with van der Waals surface area (Å²) in [7, 11) is -3.61. The highest BCUT2D eigenvalue weighted by molar-refractivity contribution is 7.98. The predicted octanol–water partition coefficient (Wildman–Crippen LogP) is 3.03. The summed E-state index contributed by atoms with van der Waals surface area (Å²) >= 11 is 7.72. The highest BCUT2D eigenvalue weighted by Gasteiger charge is 2.33. The minimum atomic E-state index is -3.61. The number of hydrogen-bond acceptors (Lipinski definition) is 5. The number of amides is 2. The Hall–Kier alpha value is -2.07. The highest BCUT2D eigenvalue weighted by Crippen LogP contribution is 2.20. The van der Waals surface area contributed by atoms with Crippen LogP contribution in [0.4, 0.5) is 0 Å². The molecular weight excluding hydrogens is 482 g/mol. The summed E-state index contributed by atoms with van der Waals surface area (Å²) in [6.45, 7) is 2.84. The van der Waals surface area contributed by atoms with E-state index in [1.807, 2.05) is 13.2 Å². The molecular formula is C23H28ClN3O4S2. The maximum absolute atomic E-state index is 13.2. The van der Waals surface area contributed by atoms with Gasteiger partial charge in [-0.05, 0) is 49.6 Å². The lowest BCUT2D eigenvalue weighted by atomic mass is 10.1. The largest absolute Gasteiger partial charge is 0.340 e. The lowest BCUT2D eigenvalue weighted by Crippen LogP contribution is -2.55. The number of rotatable bonds is 8. The molecule has 0 bridgehead atoms. The van der Waals surface area contributed by atoms with Gasteiger partial charge in [0.2, 0.25) is 15.9 Å². The predicted molar refractivity (Wildman–Crippen MR) is 132 cm³/mol. The maximum atomic E-state index is 13.2.